The smallest absolute Gasteiger partial charge is 0.357 e. The van der Waals surface area contributed by atoms with Gasteiger partial charge in [0.25, 0.3) is 18.0 Å². The molecule has 1 saturated heterocycles. The van der Waals surface area contributed by atoms with E-state index in [0.29, 0.717) is 0 Å². The Labute approximate surface area is 197 Å². The Kier molecular flexibility index (Phi) is 4.76. The van der Waals surface area contributed by atoms with Gasteiger partial charge in [0, 0.05) is 0 Å². The van der Waals surface area contributed by atoms with Crippen molar-refractivity contribution in [3.63, 3.8) is 0 Å². The van der Waals surface area contributed by atoms with Gasteiger partial charge in [0.15, 0.2) is 6.04 Å². The van der Waals surface area contributed by atoms with E-state index in [9.17, 15) is 33.9 Å². The van der Waals surface area contributed by atoms with Gasteiger partial charge in [0.1, 0.15) is 0 Å². The summed E-state index contributed by atoms with van der Waals surface area (Å²) in [6.07, 6.45) is -0.855. The molecule has 11 nitrogen and oxygen atoms in total. The Balaban J connectivity index is 1.33. The Morgan fingerprint density at radius 1 is 0.886 bits per heavy atom. The first-order chi connectivity index (χ1) is 16.5. The van der Waals surface area contributed by atoms with Crippen LogP contribution in [0, 0.1) is 0 Å². The lowest BCUT2D eigenvalue weighted by Gasteiger charge is -2.22. The number of carboxylic acid groups (broad SMARTS) is 2. The summed E-state index contributed by atoms with van der Waals surface area (Å²) < 4.78 is 5.23. The van der Waals surface area contributed by atoms with Crippen molar-refractivity contribution < 1.29 is 48.2 Å². The monoisotopic (exact) mass is 479 g/mol. The predicted octanol–water partition coefficient (Wildman–Crippen LogP) is 1.62. The molecule has 178 valence electrons. The van der Waals surface area contributed by atoms with E-state index >= 15 is 0 Å². The quantitative estimate of drug-likeness (QED) is 0.357. The van der Waals surface area contributed by atoms with Gasteiger partial charge in [-0.3, -0.25) is 14.5 Å². The van der Waals surface area contributed by atoms with Gasteiger partial charge in [-0.2, -0.15) is 0 Å². The standard InChI is InChI=1S/C24H18N2O9/c1-10(25-18(27)14-5-3-12(23(31)32)7-16(14)19(25)28)9-35-22-11(2)26(22)20(29)15-6-4-13(24(33)34)8-17(15)21(26)30/h3-8,10-11,22H,9H2,1-2H3,(H-,31,32,33,34)/p+1. The molecule has 4 atom stereocenters. The molecule has 1 fully saturated rings. The van der Waals surface area contributed by atoms with Crippen LogP contribution >= 0.6 is 0 Å². The molecule has 11 heteroatoms. The van der Waals surface area contributed by atoms with Crippen molar-refractivity contribution in [2.75, 3.05) is 6.61 Å². The Hall–Kier alpha value is -4.22. The number of rotatable bonds is 6. The number of ether oxygens (including phenoxy) is 1. The molecule has 4 unspecified atom stereocenters. The maximum atomic E-state index is 13.1. The largest absolute Gasteiger partial charge is 0.478 e. The topological polar surface area (TPSA) is 155 Å². The molecular weight excluding hydrogens is 460 g/mol. The molecule has 2 aromatic rings. The molecule has 0 aliphatic carbocycles. The molecule has 0 saturated carbocycles. The first kappa shape index (κ1) is 22.6. The summed E-state index contributed by atoms with van der Waals surface area (Å²) in [4.78, 5) is 75.3. The Morgan fingerprint density at radius 3 is 2.00 bits per heavy atom. The van der Waals surface area contributed by atoms with Gasteiger partial charge in [-0.05, 0) is 50.2 Å². The van der Waals surface area contributed by atoms with Crippen molar-refractivity contribution in [1.29, 1.82) is 0 Å². The number of carbonyl (C=O) groups is 6. The minimum Gasteiger partial charge on any atom is -0.478 e. The number of quaternary nitrogens is 1. The summed E-state index contributed by atoms with van der Waals surface area (Å²) in [6.45, 7) is 3.06. The van der Waals surface area contributed by atoms with E-state index < -0.39 is 58.4 Å². The van der Waals surface area contributed by atoms with E-state index in [-0.39, 0.29) is 40.0 Å². The molecular formula is C24H19N2O9+. The van der Waals surface area contributed by atoms with Gasteiger partial charge in [0.05, 0.1) is 46.0 Å². The van der Waals surface area contributed by atoms with Gasteiger partial charge in [0.2, 0.25) is 0 Å². The van der Waals surface area contributed by atoms with Crippen molar-refractivity contribution in [2.24, 2.45) is 0 Å². The highest BCUT2D eigenvalue weighted by molar-refractivity contribution is 6.22. The minimum absolute atomic E-state index is 0.0142. The number of carboxylic acids is 2. The lowest BCUT2D eigenvalue weighted by atomic mass is 10.1. The highest BCUT2D eigenvalue weighted by Gasteiger charge is 2.78. The Bertz CT molecular complexity index is 1400. The molecule has 1 spiro atoms. The molecule has 0 aromatic heterocycles. The second kappa shape index (κ2) is 7.39. The number of nitrogens with zero attached hydrogens (tertiary/aromatic N) is 2. The number of aromatic carboxylic acids is 2. The lowest BCUT2D eigenvalue weighted by molar-refractivity contribution is -0.664. The molecule has 2 N–H and O–H groups in total. The van der Waals surface area contributed by atoms with Crippen LogP contribution < -0.4 is 0 Å². The van der Waals surface area contributed by atoms with Crippen molar-refractivity contribution in [1.82, 2.24) is 4.90 Å². The average Bonchev–Trinajstić information content (AvgIpc) is 3.25. The number of imide groups is 2. The summed E-state index contributed by atoms with van der Waals surface area (Å²) in [5.74, 6) is -4.74. The van der Waals surface area contributed by atoms with Gasteiger partial charge in [-0.15, -0.1) is 4.48 Å². The van der Waals surface area contributed by atoms with Crippen molar-refractivity contribution in [2.45, 2.75) is 32.2 Å². The third-order valence-corrected chi connectivity index (χ3v) is 6.88. The third-order valence-electron chi connectivity index (χ3n) is 6.88. The normalized spacial score (nSPS) is 25.1. The maximum Gasteiger partial charge on any atom is 0.357 e. The first-order valence-corrected chi connectivity index (χ1v) is 10.7. The molecule has 0 radical (unpaired) electrons. The van der Waals surface area contributed by atoms with Crippen LogP contribution in [0.5, 0.6) is 0 Å². The van der Waals surface area contributed by atoms with Crippen LogP contribution in [0.15, 0.2) is 36.4 Å². The summed E-state index contributed by atoms with van der Waals surface area (Å²) in [6, 6.07) is 6.15. The number of carbonyl (C=O) groups excluding carboxylic acids is 4. The van der Waals surface area contributed by atoms with Crippen molar-refractivity contribution in [3.8, 4) is 0 Å². The average molecular weight is 479 g/mol. The van der Waals surface area contributed by atoms with E-state index in [1.165, 1.54) is 30.3 Å². The molecule has 3 aliphatic heterocycles. The summed E-state index contributed by atoms with van der Waals surface area (Å²) in [5, 5.41) is 18.4. The van der Waals surface area contributed by atoms with E-state index in [0.717, 1.165) is 11.0 Å². The molecule has 5 rings (SSSR count). The van der Waals surface area contributed by atoms with Crippen molar-refractivity contribution >= 4 is 35.6 Å². The van der Waals surface area contributed by atoms with Crippen LogP contribution in [0.4, 0.5) is 0 Å². The highest BCUT2D eigenvalue weighted by Crippen LogP contribution is 2.49. The zero-order valence-electron chi connectivity index (χ0n) is 18.5. The highest BCUT2D eigenvalue weighted by atomic mass is 16.5. The number of hydrogen-bond acceptors (Lipinski definition) is 7. The SMILES string of the molecule is CC(COC1C(C)[N+]12C(=O)c1ccc(C(=O)O)cc1C2=O)N1C(=O)c2ccc(C(=O)O)cc2C1=O. The summed E-state index contributed by atoms with van der Waals surface area (Å²) in [7, 11) is 0. The maximum absolute atomic E-state index is 13.1. The number of fused-ring (bicyclic) bond motifs is 2. The number of amides is 4. The number of hydrogen-bond donors (Lipinski definition) is 2. The van der Waals surface area contributed by atoms with Gasteiger partial charge >= 0.3 is 23.8 Å². The summed E-state index contributed by atoms with van der Waals surface area (Å²) in [5.41, 5.74) is -0.00628. The van der Waals surface area contributed by atoms with Gasteiger partial charge in [-0.1, -0.05) is 0 Å². The first-order valence-electron chi connectivity index (χ1n) is 10.7. The third kappa shape index (κ3) is 2.92. The second-order valence-electron chi connectivity index (χ2n) is 8.81. The van der Waals surface area contributed by atoms with Crippen LogP contribution in [-0.4, -0.2) is 80.1 Å². The van der Waals surface area contributed by atoms with Crippen LogP contribution in [0.25, 0.3) is 0 Å². The molecule has 35 heavy (non-hydrogen) atoms. The van der Waals surface area contributed by atoms with Gasteiger partial charge in [-0.25, -0.2) is 19.2 Å². The second-order valence-corrected chi connectivity index (χ2v) is 8.81. The molecule has 3 heterocycles. The lowest BCUT2D eigenvalue weighted by Crippen LogP contribution is -2.42. The van der Waals surface area contributed by atoms with E-state index in [1.54, 1.807) is 13.8 Å². The fourth-order valence-electron chi connectivity index (χ4n) is 4.95. The molecule has 0 bridgehead atoms. The fraction of sp³-hybridized carbons (Fsp3) is 0.250. The summed E-state index contributed by atoms with van der Waals surface area (Å²) >= 11 is 0. The van der Waals surface area contributed by atoms with E-state index in [4.69, 9.17) is 9.84 Å². The van der Waals surface area contributed by atoms with Crippen LogP contribution in [-0.2, 0) is 4.74 Å². The zero-order chi connectivity index (χ0) is 25.4. The Morgan fingerprint density at radius 2 is 1.40 bits per heavy atom. The van der Waals surface area contributed by atoms with Crippen LogP contribution in [0.2, 0.25) is 0 Å². The molecule has 3 aliphatic rings. The van der Waals surface area contributed by atoms with E-state index in [1.807, 2.05) is 0 Å². The molecule has 2 aromatic carbocycles. The van der Waals surface area contributed by atoms with Crippen LogP contribution in [0.1, 0.15) is 76.0 Å². The van der Waals surface area contributed by atoms with Gasteiger partial charge < -0.3 is 14.9 Å². The predicted molar refractivity (Wildman–Crippen MR) is 115 cm³/mol. The number of benzene rings is 2. The zero-order valence-corrected chi connectivity index (χ0v) is 18.5. The minimum atomic E-state index is -1.23. The van der Waals surface area contributed by atoms with E-state index in [2.05, 4.69) is 0 Å². The fourth-order valence-corrected chi connectivity index (χ4v) is 4.95. The van der Waals surface area contributed by atoms with Crippen molar-refractivity contribution in [3.05, 3.63) is 69.8 Å². The van der Waals surface area contributed by atoms with Crippen LogP contribution in [0.3, 0.4) is 0 Å². The molecule has 4 amide bonds.